The Morgan fingerprint density at radius 2 is 1.94 bits per heavy atom. The fourth-order valence-electron chi connectivity index (χ4n) is 1.44. The van der Waals surface area contributed by atoms with Crippen LogP contribution in [0.2, 0.25) is 0 Å². The van der Waals surface area contributed by atoms with Gasteiger partial charge in [-0.15, -0.1) is 11.3 Å². The standard InChI is InChI=1S/C11H17F3N2S/c1-15-7-9-3-4-10(17-9)8-16(2)6-5-11(12,13)14/h3-4,15H,5-8H2,1-2H3. The molecule has 1 heterocycles. The van der Waals surface area contributed by atoms with Crippen LogP contribution in [0.3, 0.4) is 0 Å². The molecule has 0 amide bonds. The molecular weight excluding hydrogens is 249 g/mol. The van der Waals surface area contributed by atoms with E-state index in [4.69, 9.17) is 0 Å². The molecule has 0 spiro atoms. The summed E-state index contributed by atoms with van der Waals surface area (Å²) in [6.07, 6.45) is -4.82. The van der Waals surface area contributed by atoms with Crippen LogP contribution in [-0.4, -0.2) is 31.7 Å². The predicted octanol–water partition coefficient (Wildman–Crippen LogP) is 2.85. The highest BCUT2D eigenvalue weighted by atomic mass is 32.1. The predicted molar refractivity (Wildman–Crippen MR) is 64.1 cm³/mol. The molecule has 1 rings (SSSR count). The number of rotatable bonds is 6. The molecule has 0 aliphatic carbocycles. The molecule has 17 heavy (non-hydrogen) atoms. The summed E-state index contributed by atoms with van der Waals surface area (Å²) in [6.45, 7) is 1.42. The molecule has 0 unspecified atom stereocenters. The van der Waals surface area contributed by atoms with Crippen LogP contribution < -0.4 is 5.32 Å². The van der Waals surface area contributed by atoms with Crippen LogP contribution in [0.15, 0.2) is 12.1 Å². The van der Waals surface area contributed by atoms with Gasteiger partial charge in [0.2, 0.25) is 0 Å². The maximum absolute atomic E-state index is 12.0. The fraction of sp³-hybridized carbons (Fsp3) is 0.636. The molecule has 0 saturated carbocycles. The third kappa shape index (κ3) is 6.05. The summed E-state index contributed by atoms with van der Waals surface area (Å²) >= 11 is 1.63. The highest BCUT2D eigenvalue weighted by Crippen LogP contribution is 2.21. The Morgan fingerprint density at radius 3 is 2.53 bits per heavy atom. The Labute approximate surface area is 103 Å². The Kier molecular flexibility index (Phi) is 5.42. The number of halogens is 3. The first-order valence-corrected chi connectivity index (χ1v) is 6.20. The van der Waals surface area contributed by atoms with Crippen molar-refractivity contribution in [1.82, 2.24) is 10.2 Å². The minimum Gasteiger partial charge on any atom is -0.315 e. The third-order valence-electron chi connectivity index (χ3n) is 2.27. The van der Waals surface area contributed by atoms with E-state index < -0.39 is 12.6 Å². The van der Waals surface area contributed by atoms with E-state index >= 15 is 0 Å². The summed E-state index contributed by atoms with van der Waals surface area (Å²) in [5.41, 5.74) is 0. The second-order valence-corrected chi connectivity index (χ2v) is 5.25. The van der Waals surface area contributed by atoms with Crippen molar-refractivity contribution in [1.29, 1.82) is 0 Å². The summed E-state index contributed by atoms with van der Waals surface area (Å²) in [5.74, 6) is 0. The molecular formula is C11H17F3N2S. The zero-order valence-electron chi connectivity index (χ0n) is 9.97. The van der Waals surface area contributed by atoms with Gasteiger partial charge in [-0.2, -0.15) is 13.2 Å². The molecule has 6 heteroatoms. The summed E-state index contributed by atoms with van der Waals surface area (Å²) in [6, 6.07) is 3.98. The molecule has 1 aromatic rings. The van der Waals surface area contributed by atoms with E-state index in [1.807, 2.05) is 19.2 Å². The molecule has 0 aliphatic rings. The SMILES string of the molecule is CNCc1ccc(CN(C)CCC(F)(F)F)s1. The van der Waals surface area contributed by atoms with Gasteiger partial charge < -0.3 is 10.2 Å². The van der Waals surface area contributed by atoms with Crippen molar-refractivity contribution in [2.75, 3.05) is 20.6 Å². The quantitative estimate of drug-likeness (QED) is 0.851. The zero-order chi connectivity index (χ0) is 12.9. The van der Waals surface area contributed by atoms with Gasteiger partial charge in [-0.1, -0.05) is 0 Å². The first kappa shape index (κ1) is 14.5. The van der Waals surface area contributed by atoms with Gasteiger partial charge in [-0.3, -0.25) is 0 Å². The van der Waals surface area contributed by atoms with Gasteiger partial charge in [0.1, 0.15) is 0 Å². The van der Waals surface area contributed by atoms with Crippen molar-refractivity contribution in [3.63, 3.8) is 0 Å². The minimum atomic E-state index is -4.07. The van der Waals surface area contributed by atoms with E-state index in [0.29, 0.717) is 6.54 Å². The maximum atomic E-state index is 12.0. The van der Waals surface area contributed by atoms with Crippen molar-refractivity contribution < 1.29 is 13.2 Å². The van der Waals surface area contributed by atoms with Crippen LogP contribution in [0, 0.1) is 0 Å². The molecule has 0 fully saturated rings. The summed E-state index contributed by atoms with van der Waals surface area (Å²) in [4.78, 5) is 3.99. The number of hydrogen-bond acceptors (Lipinski definition) is 3. The molecule has 0 aliphatic heterocycles. The summed E-state index contributed by atoms with van der Waals surface area (Å²) in [5, 5.41) is 3.04. The van der Waals surface area contributed by atoms with Crippen molar-refractivity contribution in [2.45, 2.75) is 25.7 Å². The molecule has 2 nitrogen and oxygen atoms in total. The number of hydrogen-bond donors (Lipinski definition) is 1. The van der Waals surface area contributed by atoms with Crippen LogP contribution >= 0.6 is 11.3 Å². The maximum Gasteiger partial charge on any atom is 0.390 e. The van der Waals surface area contributed by atoms with Crippen molar-refractivity contribution >= 4 is 11.3 Å². The molecule has 0 aromatic carbocycles. The highest BCUT2D eigenvalue weighted by Gasteiger charge is 2.27. The van der Waals surface area contributed by atoms with Crippen molar-refractivity contribution in [2.24, 2.45) is 0 Å². The van der Waals surface area contributed by atoms with Gasteiger partial charge in [0.25, 0.3) is 0 Å². The van der Waals surface area contributed by atoms with E-state index in [9.17, 15) is 13.2 Å². The number of alkyl halides is 3. The smallest absolute Gasteiger partial charge is 0.315 e. The van der Waals surface area contributed by atoms with Crippen LogP contribution in [0.1, 0.15) is 16.2 Å². The average molecular weight is 266 g/mol. The molecule has 1 aromatic heterocycles. The number of nitrogens with zero attached hydrogens (tertiary/aromatic N) is 1. The zero-order valence-corrected chi connectivity index (χ0v) is 10.8. The molecule has 0 radical (unpaired) electrons. The minimum absolute atomic E-state index is 0.0444. The van der Waals surface area contributed by atoms with Gasteiger partial charge >= 0.3 is 6.18 Å². The Hall–Kier alpha value is -0.590. The average Bonchev–Trinajstić information content (AvgIpc) is 2.62. The van der Waals surface area contributed by atoms with Gasteiger partial charge in [-0.05, 0) is 26.2 Å². The van der Waals surface area contributed by atoms with Crippen LogP contribution in [0.4, 0.5) is 13.2 Å². The van der Waals surface area contributed by atoms with E-state index in [1.54, 1.807) is 23.3 Å². The van der Waals surface area contributed by atoms with Crippen LogP contribution in [0.5, 0.6) is 0 Å². The van der Waals surface area contributed by atoms with Crippen LogP contribution in [-0.2, 0) is 13.1 Å². The molecule has 1 N–H and O–H groups in total. The lowest BCUT2D eigenvalue weighted by Crippen LogP contribution is -2.23. The second kappa shape index (κ2) is 6.37. The summed E-state index contributed by atoms with van der Waals surface area (Å²) < 4.78 is 36.1. The molecule has 98 valence electrons. The molecule has 0 bridgehead atoms. The largest absolute Gasteiger partial charge is 0.390 e. The monoisotopic (exact) mass is 266 g/mol. The van der Waals surface area contributed by atoms with E-state index in [0.717, 1.165) is 11.4 Å². The van der Waals surface area contributed by atoms with Crippen molar-refractivity contribution in [3.8, 4) is 0 Å². The number of thiophene rings is 1. The lowest BCUT2D eigenvalue weighted by molar-refractivity contribution is -0.137. The topological polar surface area (TPSA) is 15.3 Å². The summed E-state index contributed by atoms with van der Waals surface area (Å²) in [7, 11) is 3.58. The highest BCUT2D eigenvalue weighted by molar-refractivity contribution is 7.11. The lowest BCUT2D eigenvalue weighted by Gasteiger charge is -2.16. The Morgan fingerprint density at radius 1 is 1.29 bits per heavy atom. The molecule has 0 saturated heterocycles. The van der Waals surface area contributed by atoms with E-state index in [1.165, 1.54) is 4.88 Å². The Balaban J connectivity index is 2.36. The molecule has 0 atom stereocenters. The van der Waals surface area contributed by atoms with E-state index in [-0.39, 0.29) is 6.54 Å². The van der Waals surface area contributed by atoms with E-state index in [2.05, 4.69) is 5.32 Å². The van der Waals surface area contributed by atoms with Gasteiger partial charge in [-0.25, -0.2) is 0 Å². The third-order valence-corrected chi connectivity index (χ3v) is 3.34. The lowest BCUT2D eigenvalue weighted by atomic mass is 10.3. The van der Waals surface area contributed by atoms with Gasteiger partial charge in [0, 0.05) is 29.4 Å². The second-order valence-electron chi connectivity index (χ2n) is 4.00. The number of nitrogens with one attached hydrogen (secondary N) is 1. The van der Waals surface area contributed by atoms with Gasteiger partial charge in [0.05, 0.1) is 6.42 Å². The Bertz CT molecular complexity index is 336. The van der Waals surface area contributed by atoms with Crippen molar-refractivity contribution in [3.05, 3.63) is 21.9 Å². The van der Waals surface area contributed by atoms with Crippen LogP contribution in [0.25, 0.3) is 0 Å². The van der Waals surface area contributed by atoms with Gasteiger partial charge in [0.15, 0.2) is 0 Å². The normalized spacial score (nSPS) is 12.4. The first-order valence-electron chi connectivity index (χ1n) is 5.38. The fourth-order valence-corrected chi connectivity index (χ4v) is 2.55. The first-order chi connectivity index (χ1) is 7.90.